The van der Waals surface area contributed by atoms with E-state index in [4.69, 9.17) is 0 Å². The molecule has 122 valence electrons. The average Bonchev–Trinajstić information content (AvgIpc) is 2.90. The standard InChI is InChI=1S/C16H20N4O2S/c1-11-15(23-10-18-11)8-17-16(22)19-14-6-4-5-13(7-14)9-20(3)12(2)21/h4-7,10H,8-9H2,1-3H3,(H2,17,19,22). The molecule has 2 N–H and O–H groups in total. The first-order chi connectivity index (χ1) is 11.0. The second-order valence-corrected chi connectivity index (χ2v) is 6.18. The molecule has 1 aromatic carbocycles. The first-order valence-corrected chi connectivity index (χ1v) is 8.08. The molecule has 0 unspecified atom stereocenters. The number of carbonyl (C=O) groups is 2. The first-order valence-electron chi connectivity index (χ1n) is 7.20. The molecular formula is C16H20N4O2S. The van der Waals surface area contributed by atoms with Crippen LogP contribution in [0.1, 0.15) is 23.1 Å². The van der Waals surface area contributed by atoms with E-state index >= 15 is 0 Å². The normalized spacial score (nSPS) is 10.2. The zero-order valence-corrected chi connectivity index (χ0v) is 14.2. The summed E-state index contributed by atoms with van der Waals surface area (Å²) in [4.78, 5) is 30.0. The smallest absolute Gasteiger partial charge is 0.319 e. The van der Waals surface area contributed by atoms with Crippen LogP contribution < -0.4 is 10.6 Å². The van der Waals surface area contributed by atoms with Crippen LogP contribution in [0.4, 0.5) is 10.5 Å². The van der Waals surface area contributed by atoms with Crippen molar-refractivity contribution < 1.29 is 9.59 Å². The zero-order chi connectivity index (χ0) is 16.8. The monoisotopic (exact) mass is 332 g/mol. The van der Waals surface area contributed by atoms with E-state index in [1.807, 2.05) is 31.2 Å². The Balaban J connectivity index is 1.90. The number of nitrogens with zero attached hydrogens (tertiary/aromatic N) is 2. The highest BCUT2D eigenvalue weighted by Gasteiger charge is 2.07. The Bertz CT molecular complexity index is 699. The van der Waals surface area contributed by atoms with Crippen LogP contribution in [0.15, 0.2) is 29.8 Å². The maximum Gasteiger partial charge on any atom is 0.319 e. The molecule has 0 atom stereocenters. The Labute approximate surface area is 139 Å². The predicted molar refractivity (Wildman–Crippen MR) is 91.3 cm³/mol. The van der Waals surface area contributed by atoms with Crippen molar-refractivity contribution in [1.82, 2.24) is 15.2 Å². The Morgan fingerprint density at radius 3 is 2.78 bits per heavy atom. The van der Waals surface area contributed by atoms with Gasteiger partial charge in [0.1, 0.15) is 0 Å². The summed E-state index contributed by atoms with van der Waals surface area (Å²) in [6.07, 6.45) is 0. The van der Waals surface area contributed by atoms with Gasteiger partial charge in [-0.1, -0.05) is 12.1 Å². The van der Waals surface area contributed by atoms with Crippen molar-refractivity contribution in [2.75, 3.05) is 12.4 Å². The maximum absolute atomic E-state index is 12.0. The summed E-state index contributed by atoms with van der Waals surface area (Å²) in [7, 11) is 1.74. The molecule has 0 bridgehead atoms. The van der Waals surface area contributed by atoms with E-state index in [1.165, 1.54) is 18.3 Å². The van der Waals surface area contributed by atoms with Crippen LogP contribution in [-0.4, -0.2) is 28.9 Å². The summed E-state index contributed by atoms with van der Waals surface area (Å²) in [6.45, 7) is 4.40. The molecule has 0 aliphatic heterocycles. The Morgan fingerprint density at radius 2 is 2.13 bits per heavy atom. The molecule has 2 aromatic rings. The summed E-state index contributed by atoms with van der Waals surface area (Å²) in [5, 5.41) is 5.61. The number of nitrogens with one attached hydrogen (secondary N) is 2. The molecule has 0 saturated heterocycles. The Kier molecular flexibility index (Phi) is 5.70. The molecule has 0 saturated carbocycles. The van der Waals surface area contributed by atoms with Gasteiger partial charge in [0.2, 0.25) is 5.91 Å². The molecule has 23 heavy (non-hydrogen) atoms. The van der Waals surface area contributed by atoms with Crippen LogP contribution in [0.5, 0.6) is 0 Å². The number of carbonyl (C=O) groups excluding carboxylic acids is 2. The third-order valence-corrected chi connectivity index (χ3v) is 4.33. The van der Waals surface area contributed by atoms with Crippen molar-refractivity contribution in [3.05, 3.63) is 45.9 Å². The largest absolute Gasteiger partial charge is 0.342 e. The highest BCUT2D eigenvalue weighted by Crippen LogP contribution is 2.13. The second-order valence-electron chi connectivity index (χ2n) is 5.24. The number of anilines is 1. The van der Waals surface area contributed by atoms with E-state index in [0.717, 1.165) is 16.1 Å². The van der Waals surface area contributed by atoms with Crippen LogP contribution in [-0.2, 0) is 17.9 Å². The molecule has 0 fully saturated rings. The van der Waals surface area contributed by atoms with Gasteiger partial charge in [-0.25, -0.2) is 9.78 Å². The fourth-order valence-electron chi connectivity index (χ4n) is 1.96. The topological polar surface area (TPSA) is 74.3 Å². The number of rotatable bonds is 5. The lowest BCUT2D eigenvalue weighted by molar-refractivity contribution is -0.128. The number of hydrogen-bond donors (Lipinski definition) is 2. The number of aromatic nitrogens is 1. The molecule has 0 aliphatic carbocycles. The van der Waals surface area contributed by atoms with Gasteiger partial charge in [0.25, 0.3) is 0 Å². The summed E-state index contributed by atoms with van der Waals surface area (Å²) in [6, 6.07) is 7.18. The van der Waals surface area contributed by atoms with E-state index in [0.29, 0.717) is 18.8 Å². The number of hydrogen-bond acceptors (Lipinski definition) is 4. The molecule has 2 rings (SSSR count). The predicted octanol–water partition coefficient (Wildman–Crippen LogP) is 2.75. The summed E-state index contributed by atoms with van der Waals surface area (Å²) < 4.78 is 0. The number of benzene rings is 1. The fraction of sp³-hybridized carbons (Fsp3) is 0.312. The van der Waals surface area contributed by atoms with E-state index in [2.05, 4.69) is 15.6 Å². The lowest BCUT2D eigenvalue weighted by Gasteiger charge is -2.15. The molecule has 1 heterocycles. The van der Waals surface area contributed by atoms with Gasteiger partial charge in [-0.2, -0.15) is 0 Å². The minimum atomic E-state index is -0.269. The summed E-state index contributed by atoms with van der Waals surface area (Å²) >= 11 is 1.52. The van der Waals surface area contributed by atoms with Gasteiger partial charge in [0.15, 0.2) is 0 Å². The SMILES string of the molecule is CC(=O)N(C)Cc1cccc(NC(=O)NCc2scnc2C)c1. The number of urea groups is 1. The van der Waals surface area contributed by atoms with Crippen molar-refractivity contribution >= 4 is 29.0 Å². The maximum atomic E-state index is 12.0. The Hall–Kier alpha value is -2.41. The number of amides is 3. The van der Waals surface area contributed by atoms with Gasteiger partial charge in [0, 0.05) is 31.1 Å². The fourth-order valence-corrected chi connectivity index (χ4v) is 2.68. The van der Waals surface area contributed by atoms with Gasteiger partial charge in [-0.15, -0.1) is 11.3 Å². The van der Waals surface area contributed by atoms with E-state index in [-0.39, 0.29) is 11.9 Å². The molecule has 7 heteroatoms. The molecular weight excluding hydrogens is 312 g/mol. The average molecular weight is 332 g/mol. The van der Waals surface area contributed by atoms with E-state index < -0.39 is 0 Å². The quantitative estimate of drug-likeness (QED) is 0.884. The minimum absolute atomic E-state index is 0.000956. The second kappa shape index (κ2) is 7.73. The molecule has 6 nitrogen and oxygen atoms in total. The zero-order valence-electron chi connectivity index (χ0n) is 13.4. The first kappa shape index (κ1) is 17.0. The van der Waals surface area contributed by atoms with Gasteiger partial charge in [0.05, 0.1) is 17.7 Å². The minimum Gasteiger partial charge on any atom is -0.342 e. The van der Waals surface area contributed by atoms with Crippen LogP contribution in [0.25, 0.3) is 0 Å². The van der Waals surface area contributed by atoms with Crippen molar-refractivity contribution in [3.8, 4) is 0 Å². The molecule has 0 radical (unpaired) electrons. The van der Waals surface area contributed by atoms with Gasteiger partial charge in [-0.3, -0.25) is 4.79 Å². The van der Waals surface area contributed by atoms with Gasteiger partial charge < -0.3 is 15.5 Å². The third-order valence-electron chi connectivity index (χ3n) is 3.40. The molecule has 0 spiro atoms. The highest BCUT2D eigenvalue weighted by molar-refractivity contribution is 7.09. The lowest BCUT2D eigenvalue weighted by atomic mass is 10.2. The third kappa shape index (κ3) is 5.07. The van der Waals surface area contributed by atoms with Crippen LogP contribution in [0.3, 0.4) is 0 Å². The van der Waals surface area contributed by atoms with Crippen molar-refractivity contribution in [1.29, 1.82) is 0 Å². The van der Waals surface area contributed by atoms with Crippen molar-refractivity contribution in [2.45, 2.75) is 26.9 Å². The van der Waals surface area contributed by atoms with Crippen LogP contribution in [0, 0.1) is 6.92 Å². The highest BCUT2D eigenvalue weighted by atomic mass is 32.1. The molecule has 0 aliphatic rings. The number of thiazole rings is 1. The van der Waals surface area contributed by atoms with Crippen LogP contribution >= 0.6 is 11.3 Å². The van der Waals surface area contributed by atoms with Crippen molar-refractivity contribution in [2.24, 2.45) is 0 Å². The number of aryl methyl sites for hydroxylation is 1. The van der Waals surface area contributed by atoms with E-state index in [1.54, 1.807) is 17.5 Å². The van der Waals surface area contributed by atoms with Gasteiger partial charge >= 0.3 is 6.03 Å². The Morgan fingerprint density at radius 1 is 1.35 bits per heavy atom. The van der Waals surface area contributed by atoms with E-state index in [9.17, 15) is 9.59 Å². The summed E-state index contributed by atoms with van der Waals surface area (Å²) in [5.74, 6) is 0.000956. The molecule has 3 amide bonds. The van der Waals surface area contributed by atoms with Crippen molar-refractivity contribution in [3.63, 3.8) is 0 Å². The van der Waals surface area contributed by atoms with Crippen LogP contribution in [0.2, 0.25) is 0 Å². The van der Waals surface area contributed by atoms with Gasteiger partial charge in [-0.05, 0) is 24.6 Å². The lowest BCUT2D eigenvalue weighted by Crippen LogP contribution is -2.28. The summed E-state index contributed by atoms with van der Waals surface area (Å²) in [5.41, 5.74) is 4.35. The molecule has 1 aromatic heterocycles.